The van der Waals surface area contributed by atoms with Crippen molar-refractivity contribution in [2.45, 2.75) is 26.4 Å². The number of ether oxygens (including phenoxy) is 1. The summed E-state index contributed by atoms with van der Waals surface area (Å²) in [5.41, 5.74) is 3.19. The zero-order chi connectivity index (χ0) is 15.2. The van der Waals surface area contributed by atoms with Crippen molar-refractivity contribution < 1.29 is 9.84 Å². The highest BCUT2D eigenvalue weighted by atomic mass is 16.5. The molecule has 1 aromatic heterocycles. The molecule has 0 aliphatic rings. The number of aliphatic hydroxyl groups is 1. The van der Waals surface area contributed by atoms with Gasteiger partial charge in [0.1, 0.15) is 5.75 Å². The van der Waals surface area contributed by atoms with Gasteiger partial charge in [-0.1, -0.05) is 6.92 Å². The average Bonchev–Trinajstić information content (AvgIpc) is 3.00. The number of rotatable bonds is 7. The van der Waals surface area contributed by atoms with Crippen LogP contribution in [-0.2, 0) is 6.54 Å². The summed E-state index contributed by atoms with van der Waals surface area (Å²) >= 11 is 0. The van der Waals surface area contributed by atoms with E-state index in [-0.39, 0.29) is 18.6 Å². The summed E-state index contributed by atoms with van der Waals surface area (Å²) in [5, 5.41) is 19.8. The van der Waals surface area contributed by atoms with Gasteiger partial charge in [0.2, 0.25) is 0 Å². The molecule has 3 N–H and O–H groups in total. The van der Waals surface area contributed by atoms with Gasteiger partial charge in [-0.3, -0.25) is 5.10 Å². The molecule has 2 atom stereocenters. The summed E-state index contributed by atoms with van der Waals surface area (Å²) in [7, 11) is 1.66. The van der Waals surface area contributed by atoms with Crippen LogP contribution in [0.1, 0.15) is 19.4 Å². The molecule has 0 aliphatic heterocycles. The molecule has 1 aromatic carbocycles. The Morgan fingerprint density at radius 1 is 1.29 bits per heavy atom. The number of hydrogen-bond donors (Lipinski definition) is 3. The van der Waals surface area contributed by atoms with Crippen molar-refractivity contribution in [1.29, 1.82) is 0 Å². The molecule has 5 heteroatoms. The molecular formula is C16H23N3O2. The first-order valence-corrected chi connectivity index (χ1v) is 7.16. The summed E-state index contributed by atoms with van der Waals surface area (Å²) in [6.07, 6.45) is 1.84. The Morgan fingerprint density at radius 3 is 2.62 bits per heavy atom. The number of aromatic nitrogens is 2. The third-order valence-corrected chi connectivity index (χ3v) is 3.85. The lowest BCUT2D eigenvalue weighted by Crippen LogP contribution is -2.33. The van der Waals surface area contributed by atoms with Gasteiger partial charge in [-0.15, -0.1) is 0 Å². The number of aromatic amines is 1. The average molecular weight is 289 g/mol. The molecule has 5 nitrogen and oxygen atoms in total. The maximum absolute atomic E-state index is 9.17. The van der Waals surface area contributed by atoms with Crippen molar-refractivity contribution in [3.63, 3.8) is 0 Å². The summed E-state index contributed by atoms with van der Waals surface area (Å²) in [6, 6.07) is 8.13. The number of nitrogens with one attached hydrogen (secondary N) is 2. The molecule has 0 aliphatic carbocycles. The van der Waals surface area contributed by atoms with Crippen LogP contribution in [0.5, 0.6) is 5.75 Å². The minimum Gasteiger partial charge on any atom is -0.497 e. The largest absolute Gasteiger partial charge is 0.497 e. The highest BCUT2D eigenvalue weighted by molar-refractivity contribution is 5.63. The van der Waals surface area contributed by atoms with Crippen LogP contribution in [-0.4, -0.2) is 35.1 Å². The summed E-state index contributed by atoms with van der Waals surface area (Å²) < 4.78 is 5.17. The van der Waals surface area contributed by atoms with E-state index in [9.17, 15) is 5.11 Å². The van der Waals surface area contributed by atoms with E-state index < -0.39 is 0 Å². The van der Waals surface area contributed by atoms with Gasteiger partial charge in [-0.2, -0.15) is 5.10 Å². The van der Waals surface area contributed by atoms with Crippen molar-refractivity contribution in [1.82, 2.24) is 15.5 Å². The minimum absolute atomic E-state index is 0.185. The summed E-state index contributed by atoms with van der Waals surface area (Å²) in [6.45, 7) is 5.00. The first-order valence-electron chi connectivity index (χ1n) is 7.16. The van der Waals surface area contributed by atoms with Gasteiger partial charge in [-0.05, 0) is 37.1 Å². The second-order valence-corrected chi connectivity index (χ2v) is 5.33. The number of benzene rings is 1. The van der Waals surface area contributed by atoms with Gasteiger partial charge < -0.3 is 15.2 Å². The summed E-state index contributed by atoms with van der Waals surface area (Å²) in [5.74, 6) is 1.06. The van der Waals surface area contributed by atoms with Crippen molar-refractivity contribution >= 4 is 0 Å². The topological polar surface area (TPSA) is 70.2 Å². The van der Waals surface area contributed by atoms with Crippen molar-refractivity contribution in [2.24, 2.45) is 5.92 Å². The van der Waals surface area contributed by atoms with Gasteiger partial charge in [0.15, 0.2) is 0 Å². The zero-order valence-electron chi connectivity index (χ0n) is 12.8. The highest BCUT2D eigenvalue weighted by Crippen LogP contribution is 2.23. The zero-order valence-corrected chi connectivity index (χ0v) is 12.8. The molecule has 0 radical (unpaired) electrons. The van der Waals surface area contributed by atoms with Gasteiger partial charge >= 0.3 is 0 Å². The van der Waals surface area contributed by atoms with Crippen LogP contribution in [0.15, 0.2) is 30.5 Å². The molecule has 0 spiro atoms. The normalized spacial score (nSPS) is 13.9. The Morgan fingerprint density at radius 2 is 2.00 bits per heavy atom. The predicted octanol–water partition coefficient (Wildman–Crippen LogP) is 2.19. The molecule has 0 saturated carbocycles. The number of hydrogen-bond acceptors (Lipinski definition) is 4. The van der Waals surface area contributed by atoms with E-state index >= 15 is 0 Å². The lowest BCUT2D eigenvalue weighted by Gasteiger charge is -2.19. The van der Waals surface area contributed by atoms with E-state index in [1.165, 1.54) is 0 Å². The third-order valence-electron chi connectivity index (χ3n) is 3.85. The number of aliphatic hydroxyl groups excluding tert-OH is 1. The van der Waals surface area contributed by atoms with Crippen LogP contribution in [0.2, 0.25) is 0 Å². The van der Waals surface area contributed by atoms with Crippen molar-refractivity contribution in [3.8, 4) is 17.0 Å². The Balaban J connectivity index is 2.07. The van der Waals surface area contributed by atoms with Crippen LogP contribution >= 0.6 is 0 Å². The summed E-state index contributed by atoms with van der Waals surface area (Å²) in [4.78, 5) is 0. The molecule has 1 heterocycles. The fourth-order valence-electron chi connectivity index (χ4n) is 2.08. The lowest BCUT2D eigenvalue weighted by atomic mass is 10.0. The maximum Gasteiger partial charge on any atom is 0.118 e. The molecule has 2 aromatic rings. The first-order chi connectivity index (χ1) is 10.2. The quantitative estimate of drug-likeness (QED) is 0.731. The van der Waals surface area contributed by atoms with Gasteiger partial charge in [0.25, 0.3) is 0 Å². The second kappa shape index (κ2) is 7.24. The fraction of sp³-hybridized carbons (Fsp3) is 0.438. The fourth-order valence-corrected chi connectivity index (χ4v) is 2.08. The van der Waals surface area contributed by atoms with Gasteiger partial charge in [0.05, 0.1) is 19.0 Å². The van der Waals surface area contributed by atoms with Crippen LogP contribution in [0.4, 0.5) is 0 Å². The highest BCUT2D eigenvalue weighted by Gasteiger charge is 2.13. The Kier molecular flexibility index (Phi) is 5.36. The Hall–Kier alpha value is -1.85. The minimum atomic E-state index is 0.185. The van der Waals surface area contributed by atoms with E-state index in [0.29, 0.717) is 6.54 Å². The molecule has 2 rings (SSSR count). The Labute approximate surface area is 125 Å². The predicted molar refractivity (Wildman–Crippen MR) is 83.1 cm³/mol. The SMILES string of the molecule is COc1ccc(-c2[nH]ncc2CNC(C)C(C)CO)cc1. The van der Waals surface area contributed by atoms with Gasteiger partial charge in [-0.25, -0.2) is 0 Å². The molecule has 2 unspecified atom stereocenters. The van der Waals surface area contributed by atoms with E-state index in [0.717, 1.165) is 22.6 Å². The van der Waals surface area contributed by atoms with E-state index in [2.05, 4.69) is 22.4 Å². The molecular weight excluding hydrogens is 266 g/mol. The van der Waals surface area contributed by atoms with E-state index in [4.69, 9.17) is 4.74 Å². The molecule has 114 valence electrons. The maximum atomic E-state index is 9.17. The van der Waals surface area contributed by atoms with Crippen LogP contribution in [0.3, 0.4) is 0 Å². The first kappa shape index (κ1) is 15.5. The molecule has 0 bridgehead atoms. The smallest absolute Gasteiger partial charge is 0.118 e. The van der Waals surface area contributed by atoms with E-state index in [1.807, 2.05) is 37.4 Å². The number of nitrogens with zero attached hydrogens (tertiary/aromatic N) is 1. The van der Waals surface area contributed by atoms with Crippen molar-refractivity contribution in [3.05, 3.63) is 36.0 Å². The Bertz CT molecular complexity index is 551. The number of H-pyrrole nitrogens is 1. The number of methoxy groups -OCH3 is 1. The van der Waals surface area contributed by atoms with Crippen molar-refractivity contribution in [2.75, 3.05) is 13.7 Å². The van der Waals surface area contributed by atoms with Gasteiger partial charge in [0, 0.05) is 30.3 Å². The molecule has 0 saturated heterocycles. The van der Waals surface area contributed by atoms with Crippen LogP contribution < -0.4 is 10.1 Å². The van der Waals surface area contributed by atoms with Crippen LogP contribution in [0, 0.1) is 5.92 Å². The molecule has 21 heavy (non-hydrogen) atoms. The third kappa shape index (κ3) is 3.83. The van der Waals surface area contributed by atoms with Crippen LogP contribution in [0.25, 0.3) is 11.3 Å². The monoisotopic (exact) mass is 289 g/mol. The standard InChI is InChI=1S/C16H23N3O2/c1-11(10-20)12(2)17-8-14-9-18-19-16(14)13-4-6-15(21-3)7-5-13/h4-7,9,11-12,17,20H,8,10H2,1-3H3,(H,18,19). The second-order valence-electron chi connectivity index (χ2n) is 5.33. The molecule has 0 amide bonds. The molecule has 0 fully saturated rings. The lowest BCUT2D eigenvalue weighted by molar-refractivity contribution is 0.207. The van der Waals surface area contributed by atoms with E-state index in [1.54, 1.807) is 7.11 Å².